The number of H-pyrrole nitrogens is 1. The lowest BCUT2D eigenvalue weighted by atomic mass is 10.1. The second-order valence-corrected chi connectivity index (χ2v) is 7.53. The van der Waals surface area contributed by atoms with E-state index in [4.69, 9.17) is 21.1 Å². The van der Waals surface area contributed by atoms with Gasteiger partial charge in [0.05, 0.1) is 12.1 Å². The SMILES string of the molecule is COc1cccc(CN2CCC(Oc3cc4cc[nH]c(=O)c4cc3Cl)CC2)c1. The number of hydrogen-bond acceptors (Lipinski definition) is 4. The first kappa shape index (κ1) is 18.8. The van der Waals surface area contributed by atoms with Gasteiger partial charge in [-0.25, -0.2) is 0 Å². The summed E-state index contributed by atoms with van der Waals surface area (Å²) in [5.74, 6) is 1.53. The first-order valence-electron chi connectivity index (χ1n) is 9.45. The zero-order chi connectivity index (χ0) is 19.5. The van der Waals surface area contributed by atoms with Crippen LogP contribution in [-0.2, 0) is 6.54 Å². The Morgan fingerprint density at radius 2 is 2.00 bits per heavy atom. The average molecular weight is 399 g/mol. The number of pyridine rings is 1. The highest BCUT2D eigenvalue weighted by Gasteiger charge is 2.22. The second-order valence-electron chi connectivity index (χ2n) is 7.12. The van der Waals surface area contributed by atoms with Crippen LogP contribution in [0.1, 0.15) is 18.4 Å². The Bertz CT molecular complexity index is 1030. The Balaban J connectivity index is 1.38. The number of halogens is 1. The molecule has 0 radical (unpaired) electrons. The van der Waals surface area contributed by atoms with Crippen molar-refractivity contribution in [1.82, 2.24) is 9.88 Å². The maximum absolute atomic E-state index is 11.9. The van der Waals surface area contributed by atoms with E-state index in [1.54, 1.807) is 19.4 Å². The fraction of sp³-hybridized carbons (Fsp3) is 0.318. The smallest absolute Gasteiger partial charge is 0.255 e. The number of nitrogens with zero attached hydrogens (tertiary/aromatic N) is 1. The third-order valence-corrected chi connectivity index (χ3v) is 5.49. The number of likely N-dealkylation sites (tertiary alicyclic amines) is 1. The predicted octanol–water partition coefficient (Wildman–Crippen LogP) is 4.23. The van der Waals surface area contributed by atoms with Gasteiger partial charge in [0.2, 0.25) is 0 Å². The number of aromatic amines is 1. The van der Waals surface area contributed by atoms with E-state index in [0.29, 0.717) is 16.2 Å². The van der Waals surface area contributed by atoms with Crippen LogP contribution < -0.4 is 15.0 Å². The largest absolute Gasteiger partial charge is 0.497 e. The fourth-order valence-corrected chi connectivity index (χ4v) is 3.88. The van der Waals surface area contributed by atoms with Crippen molar-refractivity contribution < 1.29 is 9.47 Å². The highest BCUT2D eigenvalue weighted by atomic mass is 35.5. The number of rotatable bonds is 5. The molecule has 1 aliphatic heterocycles. The van der Waals surface area contributed by atoms with Crippen LogP contribution in [-0.4, -0.2) is 36.2 Å². The molecule has 2 heterocycles. The monoisotopic (exact) mass is 398 g/mol. The number of piperidine rings is 1. The number of ether oxygens (including phenoxy) is 2. The number of methoxy groups -OCH3 is 1. The molecular weight excluding hydrogens is 376 g/mol. The molecule has 2 aromatic carbocycles. The van der Waals surface area contributed by atoms with Gasteiger partial charge in [0.1, 0.15) is 17.6 Å². The fourth-order valence-electron chi connectivity index (χ4n) is 3.67. The van der Waals surface area contributed by atoms with E-state index in [9.17, 15) is 4.79 Å². The first-order chi connectivity index (χ1) is 13.6. The molecule has 1 N–H and O–H groups in total. The van der Waals surface area contributed by atoms with Crippen LogP contribution in [0, 0.1) is 0 Å². The summed E-state index contributed by atoms with van der Waals surface area (Å²) in [7, 11) is 1.69. The summed E-state index contributed by atoms with van der Waals surface area (Å²) < 4.78 is 11.5. The third kappa shape index (κ3) is 4.16. The number of fused-ring (bicyclic) bond motifs is 1. The van der Waals surface area contributed by atoms with E-state index in [-0.39, 0.29) is 11.7 Å². The minimum absolute atomic E-state index is 0.124. The van der Waals surface area contributed by atoms with Gasteiger partial charge in [-0.2, -0.15) is 0 Å². The van der Waals surface area contributed by atoms with Crippen molar-refractivity contribution in [2.24, 2.45) is 0 Å². The van der Waals surface area contributed by atoms with Gasteiger partial charge in [-0.05, 0) is 54.1 Å². The normalized spacial score (nSPS) is 15.6. The molecule has 1 fully saturated rings. The molecule has 0 saturated carbocycles. The molecule has 0 bridgehead atoms. The highest BCUT2D eigenvalue weighted by molar-refractivity contribution is 6.32. The summed E-state index contributed by atoms with van der Waals surface area (Å²) in [6, 6.07) is 13.6. The molecule has 4 rings (SSSR count). The Labute approximate surface area is 168 Å². The quantitative estimate of drug-likeness (QED) is 0.698. The first-order valence-corrected chi connectivity index (χ1v) is 9.83. The van der Waals surface area contributed by atoms with Gasteiger partial charge >= 0.3 is 0 Å². The van der Waals surface area contributed by atoms with Gasteiger partial charge in [-0.15, -0.1) is 0 Å². The Kier molecular flexibility index (Phi) is 5.55. The summed E-state index contributed by atoms with van der Waals surface area (Å²) in [5.41, 5.74) is 1.11. The van der Waals surface area contributed by atoms with Crippen LogP contribution >= 0.6 is 11.6 Å². The lowest BCUT2D eigenvalue weighted by molar-refractivity contribution is 0.0969. The summed E-state index contributed by atoms with van der Waals surface area (Å²) in [6.07, 6.45) is 3.64. The Hall–Kier alpha value is -2.50. The standard InChI is InChI=1S/C22H23ClN2O3/c1-27-18-4-2-3-15(11-18)14-25-9-6-17(7-10-25)28-21-12-16-5-8-24-22(26)19(16)13-20(21)23/h2-5,8,11-13,17H,6-7,9-10,14H2,1H3,(H,24,26). The van der Waals surface area contributed by atoms with Gasteiger partial charge in [0, 0.05) is 31.2 Å². The number of hydrogen-bond donors (Lipinski definition) is 1. The zero-order valence-corrected chi connectivity index (χ0v) is 16.5. The molecule has 5 nitrogen and oxygen atoms in total. The zero-order valence-electron chi connectivity index (χ0n) is 15.8. The molecule has 3 aromatic rings. The van der Waals surface area contributed by atoms with E-state index in [1.807, 2.05) is 24.3 Å². The number of aromatic nitrogens is 1. The maximum Gasteiger partial charge on any atom is 0.255 e. The summed E-state index contributed by atoms with van der Waals surface area (Å²) >= 11 is 6.36. The molecule has 0 atom stereocenters. The van der Waals surface area contributed by atoms with Gasteiger partial charge in [-0.1, -0.05) is 23.7 Å². The lowest BCUT2D eigenvalue weighted by Crippen LogP contribution is -2.37. The second kappa shape index (κ2) is 8.25. The summed E-state index contributed by atoms with van der Waals surface area (Å²) in [4.78, 5) is 17.0. The molecule has 0 amide bonds. The van der Waals surface area contributed by atoms with Gasteiger partial charge in [0.15, 0.2) is 0 Å². The molecule has 0 unspecified atom stereocenters. The van der Waals surface area contributed by atoms with E-state index in [0.717, 1.165) is 43.6 Å². The van der Waals surface area contributed by atoms with Crippen molar-refractivity contribution in [2.45, 2.75) is 25.5 Å². The van der Waals surface area contributed by atoms with Crippen LogP contribution in [0.5, 0.6) is 11.5 Å². The molecule has 1 aliphatic rings. The molecule has 28 heavy (non-hydrogen) atoms. The lowest BCUT2D eigenvalue weighted by Gasteiger charge is -2.32. The molecule has 1 saturated heterocycles. The predicted molar refractivity (Wildman–Crippen MR) is 111 cm³/mol. The van der Waals surface area contributed by atoms with Crippen LogP contribution in [0.25, 0.3) is 10.8 Å². The van der Waals surface area contributed by atoms with Crippen molar-refractivity contribution in [3.63, 3.8) is 0 Å². The average Bonchev–Trinajstić information content (AvgIpc) is 2.71. The van der Waals surface area contributed by atoms with Crippen LogP contribution in [0.15, 0.2) is 53.5 Å². The van der Waals surface area contributed by atoms with Crippen molar-refractivity contribution >= 4 is 22.4 Å². The Morgan fingerprint density at radius 3 is 2.79 bits per heavy atom. The van der Waals surface area contributed by atoms with Crippen LogP contribution in [0.3, 0.4) is 0 Å². The minimum Gasteiger partial charge on any atom is -0.497 e. The number of benzene rings is 2. The minimum atomic E-state index is -0.142. The van der Waals surface area contributed by atoms with Gasteiger partial charge < -0.3 is 14.5 Å². The van der Waals surface area contributed by atoms with Gasteiger partial charge in [-0.3, -0.25) is 9.69 Å². The Morgan fingerprint density at radius 1 is 1.18 bits per heavy atom. The van der Waals surface area contributed by atoms with Crippen molar-refractivity contribution in [3.05, 3.63) is 69.6 Å². The van der Waals surface area contributed by atoms with E-state index >= 15 is 0 Å². The third-order valence-electron chi connectivity index (χ3n) is 5.19. The van der Waals surface area contributed by atoms with Gasteiger partial charge in [0.25, 0.3) is 5.56 Å². The summed E-state index contributed by atoms with van der Waals surface area (Å²) in [6.45, 7) is 2.84. The van der Waals surface area contributed by atoms with E-state index in [1.165, 1.54) is 5.56 Å². The van der Waals surface area contributed by atoms with E-state index in [2.05, 4.69) is 22.0 Å². The van der Waals surface area contributed by atoms with Crippen LogP contribution in [0.2, 0.25) is 5.02 Å². The maximum atomic E-state index is 11.9. The number of nitrogens with one attached hydrogen (secondary N) is 1. The summed E-state index contributed by atoms with van der Waals surface area (Å²) in [5, 5.41) is 1.88. The van der Waals surface area contributed by atoms with E-state index < -0.39 is 0 Å². The van der Waals surface area contributed by atoms with Crippen LogP contribution in [0.4, 0.5) is 0 Å². The molecule has 146 valence electrons. The molecule has 0 spiro atoms. The topological polar surface area (TPSA) is 54.6 Å². The van der Waals surface area contributed by atoms with Crippen molar-refractivity contribution in [1.29, 1.82) is 0 Å². The van der Waals surface area contributed by atoms with Crippen molar-refractivity contribution in [3.8, 4) is 11.5 Å². The molecule has 0 aliphatic carbocycles. The highest BCUT2D eigenvalue weighted by Crippen LogP contribution is 2.31. The van der Waals surface area contributed by atoms with Crippen molar-refractivity contribution in [2.75, 3.05) is 20.2 Å². The molecule has 1 aromatic heterocycles. The molecular formula is C22H23ClN2O3. The molecule has 6 heteroatoms.